The van der Waals surface area contributed by atoms with Crippen molar-refractivity contribution >= 4 is 11.9 Å². The van der Waals surface area contributed by atoms with Gasteiger partial charge in [-0.25, -0.2) is 0 Å². The molecule has 0 spiro atoms. The van der Waals surface area contributed by atoms with Crippen molar-refractivity contribution in [2.75, 3.05) is 19.7 Å². The Morgan fingerprint density at radius 3 is 2.52 bits per heavy atom. The first-order valence-corrected chi connectivity index (χ1v) is 9.95. The van der Waals surface area contributed by atoms with Gasteiger partial charge in [0.15, 0.2) is 5.78 Å². The zero-order chi connectivity index (χ0) is 17.6. The molecule has 2 bridgehead atoms. The Kier molecular flexibility index (Phi) is 6.17. The van der Waals surface area contributed by atoms with Gasteiger partial charge >= 0.3 is 0 Å². The number of carbonyl (C=O) groups is 1. The summed E-state index contributed by atoms with van der Waals surface area (Å²) in [7, 11) is 0. The molecule has 0 saturated carbocycles. The molecule has 0 N–H and O–H groups in total. The number of rotatable bonds is 8. The van der Waals surface area contributed by atoms with Crippen molar-refractivity contribution in [3.8, 4) is 5.75 Å². The molecule has 3 aliphatic heterocycles. The van der Waals surface area contributed by atoms with Gasteiger partial charge in [0.25, 0.3) is 0 Å². The maximum Gasteiger partial charge on any atom is 0.182 e. The third kappa shape index (κ3) is 4.45. The number of benzene rings is 1. The number of allylic oxidation sites excluding steroid dienone is 1. The minimum Gasteiger partial charge on any atom is -0.493 e. The quantitative estimate of drug-likeness (QED) is 0.629. The van der Waals surface area contributed by atoms with Crippen LogP contribution in [-0.4, -0.2) is 30.4 Å². The van der Waals surface area contributed by atoms with Gasteiger partial charge in [-0.1, -0.05) is 45.2 Å². The van der Waals surface area contributed by atoms with Crippen LogP contribution in [0.5, 0.6) is 5.75 Å². The molecule has 3 aliphatic rings. The van der Waals surface area contributed by atoms with Crippen molar-refractivity contribution in [3.05, 3.63) is 35.5 Å². The summed E-state index contributed by atoms with van der Waals surface area (Å²) in [5.74, 6) is 2.16. The number of hydrogen-bond donors (Lipinski definition) is 0. The van der Waals surface area contributed by atoms with Gasteiger partial charge in [0.1, 0.15) is 5.75 Å². The zero-order valence-corrected chi connectivity index (χ0v) is 15.7. The fraction of sp³-hybridized carbons (Fsp3) is 0.591. The Balaban J connectivity index is 1.59. The Morgan fingerprint density at radius 1 is 1.20 bits per heavy atom. The molecule has 3 heterocycles. The zero-order valence-electron chi connectivity index (χ0n) is 15.7. The van der Waals surface area contributed by atoms with Crippen LogP contribution >= 0.6 is 0 Å². The second kappa shape index (κ2) is 8.55. The minimum absolute atomic E-state index is 0.257. The Hall–Kier alpha value is -1.77. The highest BCUT2D eigenvalue weighted by atomic mass is 16.5. The Labute approximate surface area is 152 Å². The molecule has 3 nitrogen and oxygen atoms in total. The standard InChI is InChI=1S/C22H31NO2/c1-3-5-6-17(4-2)16-25-20-9-7-18(8-10-20)15-21-22(24)19-11-13-23(21)14-12-19/h7-10,15,17,19H,3-6,11-14,16H2,1-2H3. The molecule has 4 rings (SSSR count). The number of ether oxygens (including phenoxy) is 1. The van der Waals surface area contributed by atoms with Crippen molar-refractivity contribution < 1.29 is 9.53 Å². The number of fused-ring (bicyclic) bond motifs is 3. The largest absolute Gasteiger partial charge is 0.493 e. The normalized spacial score (nSPS) is 20.3. The summed E-state index contributed by atoms with van der Waals surface area (Å²) in [6.45, 7) is 7.33. The number of ketones is 1. The van der Waals surface area contributed by atoms with Crippen molar-refractivity contribution in [3.63, 3.8) is 0 Å². The summed E-state index contributed by atoms with van der Waals surface area (Å²) in [6.07, 6.45) is 9.04. The van der Waals surface area contributed by atoms with E-state index in [-0.39, 0.29) is 5.92 Å². The molecule has 3 saturated heterocycles. The lowest BCUT2D eigenvalue weighted by molar-refractivity contribution is -0.125. The molecule has 1 aromatic rings. The fourth-order valence-electron chi connectivity index (χ4n) is 3.84. The molecule has 3 fully saturated rings. The van der Waals surface area contributed by atoms with Crippen LogP contribution in [-0.2, 0) is 4.79 Å². The van der Waals surface area contributed by atoms with Crippen LogP contribution in [0.3, 0.4) is 0 Å². The van der Waals surface area contributed by atoms with Gasteiger partial charge < -0.3 is 9.64 Å². The van der Waals surface area contributed by atoms with E-state index in [2.05, 4.69) is 30.9 Å². The summed E-state index contributed by atoms with van der Waals surface area (Å²) >= 11 is 0. The van der Waals surface area contributed by atoms with E-state index in [0.29, 0.717) is 11.7 Å². The van der Waals surface area contributed by atoms with Crippen molar-refractivity contribution in [2.45, 2.75) is 52.4 Å². The second-order valence-electron chi connectivity index (χ2n) is 7.45. The molecule has 1 unspecified atom stereocenters. The van der Waals surface area contributed by atoms with E-state index in [1.807, 2.05) is 18.2 Å². The maximum atomic E-state index is 12.4. The number of unbranched alkanes of at least 4 members (excludes halogenated alkanes) is 1. The third-order valence-electron chi connectivity index (χ3n) is 5.67. The predicted octanol–water partition coefficient (Wildman–Crippen LogP) is 4.92. The average Bonchev–Trinajstić information content (AvgIpc) is 2.66. The van der Waals surface area contributed by atoms with E-state index >= 15 is 0 Å². The molecule has 0 aromatic heterocycles. The molecule has 1 aromatic carbocycles. The van der Waals surface area contributed by atoms with Gasteiger partial charge in [0.05, 0.1) is 12.3 Å². The van der Waals surface area contributed by atoms with Crippen LogP contribution in [0.2, 0.25) is 0 Å². The molecule has 0 amide bonds. The van der Waals surface area contributed by atoms with Gasteiger partial charge in [-0.15, -0.1) is 0 Å². The molecular formula is C22H31NO2. The summed E-state index contributed by atoms with van der Waals surface area (Å²) < 4.78 is 5.97. The Morgan fingerprint density at radius 2 is 1.92 bits per heavy atom. The number of piperidine rings is 3. The smallest absolute Gasteiger partial charge is 0.182 e. The molecule has 0 radical (unpaired) electrons. The van der Waals surface area contributed by atoms with Crippen LogP contribution in [0, 0.1) is 11.8 Å². The highest BCUT2D eigenvalue weighted by Crippen LogP contribution is 2.32. The minimum atomic E-state index is 0.257. The summed E-state index contributed by atoms with van der Waals surface area (Å²) in [5.41, 5.74) is 1.99. The predicted molar refractivity (Wildman–Crippen MR) is 103 cm³/mol. The lowest BCUT2D eigenvalue weighted by Crippen LogP contribution is -2.45. The Bertz CT molecular complexity index is 597. The first kappa shape index (κ1) is 18.0. The molecule has 25 heavy (non-hydrogen) atoms. The van der Waals surface area contributed by atoms with Crippen LogP contribution in [0.15, 0.2) is 30.0 Å². The summed E-state index contributed by atoms with van der Waals surface area (Å²) in [6, 6.07) is 8.18. The number of Topliss-reactive ketones (excluding diaryl/α,β-unsaturated/α-hetero) is 1. The van der Waals surface area contributed by atoms with Gasteiger partial charge in [-0.05, 0) is 49.0 Å². The maximum absolute atomic E-state index is 12.4. The number of nitrogens with zero attached hydrogens (tertiary/aromatic N) is 1. The topological polar surface area (TPSA) is 29.5 Å². The van der Waals surface area contributed by atoms with Gasteiger partial charge in [0.2, 0.25) is 0 Å². The average molecular weight is 341 g/mol. The van der Waals surface area contributed by atoms with Crippen LogP contribution in [0.1, 0.15) is 57.9 Å². The van der Waals surface area contributed by atoms with Crippen LogP contribution < -0.4 is 4.74 Å². The second-order valence-corrected chi connectivity index (χ2v) is 7.45. The summed E-state index contributed by atoms with van der Waals surface area (Å²) in [5, 5.41) is 0. The van der Waals surface area contributed by atoms with Gasteiger partial charge in [0, 0.05) is 19.0 Å². The van der Waals surface area contributed by atoms with Crippen molar-refractivity contribution in [2.24, 2.45) is 11.8 Å². The number of carbonyl (C=O) groups excluding carboxylic acids is 1. The van der Waals surface area contributed by atoms with Crippen LogP contribution in [0.4, 0.5) is 0 Å². The van der Waals surface area contributed by atoms with Gasteiger partial charge in [-0.2, -0.15) is 0 Å². The van der Waals surface area contributed by atoms with E-state index in [1.165, 1.54) is 25.7 Å². The van der Waals surface area contributed by atoms with E-state index in [1.54, 1.807) is 0 Å². The third-order valence-corrected chi connectivity index (χ3v) is 5.67. The van der Waals surface area contributed by atoms with Gasteiger partial charge in [-0.3, -0.25) is 4.79 Å². The monoisotopic (exact) mass is 341 g/mol. The first-order valence-electron chi connectivity index (χ1n) is 9.95. The molecular weight excluding hydrogens is 310 g/mol. The molecule has 0 aliphatic carbocycles. The van der Waals surface area contributed by atoms with E-state index in [0.717, 1.165) is 49.5 Å². The van der Waals surface area contributed by atoms with E-state index in [4.69, 9.17) is 4.74 Å². The molecule has 1 atom stereocenters. The van der Waals surface area contributed by atoms with Crippen molar-refractivity contribution in [1.29, 1.82) is 0 Å². The fourth-order valence-corrected chi connectivity index (χ4v) is 3.84. The first-order chi connectivity index (χ1) is 12.2. The van der Waals surface area contributed by atoms with E-state index < -0.39 is 0 Å². The number of hydrogen-bond acceptors (Lipinski definition) is 3. The molecule has 3 heteroatoms. The highest BCUT2D eigenvalue weighted by molar-refractivity contribution is 6.01. The van der Waals surface area contributed by atoms with Crippen LogP contribution in [0.25, 0.3) is 6.08 Å². The highest BCUT2D eigenvalue weighted by Gasteiger charge is 2.36. The molecule has 136 valence electrons. The lowest BCUT2D eigenvalue weighted by Gasteiger charge is -2.41. The SMILES string of the molecule is CCCCC(CC)COc1ccc(C=C2C(=O)C3CCN2CC3)cc1. The van der Waals surface area contributed by atoms with Crippen molar-refractivity contribution in [1.82, 2.24) is 4.90 Å². The van der Waals surface area contributed by atoms with E-state index in [9.17, 15) is 4.79 Å². The summed E-state index contributed by atoms with van der Waals surface area (Å²) in [4.78, 5) is 14.7. The lowest BCUT2D eigenvalue weighted by atomic mass is 9.84.